The maximum Gasteiger partial charge on any atom is 0.339 e. The van der Waals surface area contributed by atoms with Crippen LogP contribution in [0.15, 0.2) is 30.3 Å². The first-order valence-electron chi connectivity index (χ1n) is 4.14. The van der Waals surface area contributed by atoms with E-state index in [2.05, 4.69) is 5.32 Å². The molecule has 1 heterocycles. The van der Waals surface area contributed by atoms with E-state index in [0.717, 1.165) is 5.56 Å². The van der Waals surface area contributed by atoms with Gasteiger partial charge in [0.2, 0.25) is 0 Å². The fourth-order valence-electron chi connectivity index (χ4n) is 1.37. The molecule has 0 radical (unpaired) electrons. The van der Waals surface area contributed by atoms with Crippen LogP contribution in [0.1, 0.15) is 11.6 Å². The number of carbonyl (C=O) groups is 2. The zero-order chi connectivity index (χ0) is 10.1. The van der Waals surface area contributed by atoms with E-state index in [1.165, 1.54) is 0 Å². The summed E-state index contributed by atoms with van der Waals surface area (Å²) in [6.45, 7) is 0. The van der Waals surface area contributed by atoms with Crippen molar-refractivity contribution < 1.29 is 9.59 Å². The number of amides is 3. The summed E-state index contributed by atoms with van der Waals surface area (Å²) in [6, 6.07) is 7.76. The summed E-state index contributed by atoms with van der Waals surface area (Å²) >= 11 is 0. The minimum absolute atomic E-state index is 0.429. The van der Waals surface area contributed by atoms with Crippen LogP contribution in [0.2, 0.25) is 0 Å². The molecule has 5 heteroatoms. The number of imide groups is 1. The molecule has 1 fully saturated rings. The number of urea groups is 1. The number of nitrogens with two attached hydrogens (primary N) is 1. The lowest BCUT2D eigenvalue weighted by Gasteiger charge is -2.06. The van der Waals surface area contributed by atoms with Crippen molar-refractivity contribution in [2.24, 2.45) is 5.84 Å². The molecule has 0 bridgehead atoms. The van der Waals surface area contributed by atoms with Crippen molar-refractivity contribution in [1.29, 1.82) is 0 Å². The van der Waals surface area contributed by atoms with Crippen molar-refractivity contribution in [1.82, 2.24) is 10.3 Å². The smallest absolute Gasteiger partial charge is 0.321 e. The third-order valence-corrected chi connectivity index (χ3v) is 2.10. The Kier molecular flexibility index (Phi) is 1.94. The summed E-state index contributed by atoms with van der Waals surface area (Å²) in [5.41, 5.74) is 0.735. The van der Waals surface area contributed by atoms with Gasteiger partial charge in [-0.15, -0.1) is 0 Å². The highest BCUT2D eigenvalue weighted by Crippen LogP contribution is 2.18. The topological polar surface area (TPSA) is 75.4 Å². The lowest BCUT2D eigenvalue weighted by Crippen LogP contribution is -2.37. The van der Waals surface area contributed by atoms with E-state index < -0.39 is 18.0 Å². The summed E-state index contributed by atoms with van der Waals surface area (Å²) in [5, 5.41) is 3.08. The first kappa shape index (κ1) is 8.71. The summed E-state index contributed by atoms with van der Waals surface area (Å²) in [7, 11) is 0. The second kappa shape index (κ2) is 3.12. The molecule has 72 valence electrons. The van der Waals surface area contributed by atoms with Gasteiger partial charge in [-0.05, 0) is 5.56 Å². The number of nitrogens with one attached hydrogen (secondary N) is 1. The predicted molar refractivity (Wildman–Crippen MR) is 48.7 cm³/mol. The van der Waals surface area contributed by atoms with Gasteiger partial charge in [-0.3, -0.25) is 4.79 Å². The molecule has 0 aromatic heterocycles. The van der Waals surface area contributed by atoms with E-state index >= 15 is 0 Å². The summed E-state index contributed by atoms with van der Waals surface area (Å²) < 4.78 is 0. The van der Waals surface area contributed by atoms with E-state index in [1.54, 1.807) is 24.3 Å². The zero-order valence-electron chi connectivity index (χ0n) is 7.31. The van der Waals surface area contributed by atoms with Crippen molar-refractivity contribution in [2.45, 2.75) is 6.04 Å². The van der Waals surface area contributed by atoms with E-state index in [4.69, 9.17) is 5.84 Å². The molecule has 3 N–H and O–H groups in total. The van der Waals surface area contributed by atoms with Crippen LogP contribution in [0, 0.1) is 0 Å². The number of hydrogen-bond donors (Lipinski definition) is 2. The second-order valence-electron chi connectivity index (χ2n) is 3.00. The number of carbonyl (C=O) groups excluding carboxylic acids is 2. The second-order valence-corrected chi connectivity index (χ2v) is 3.00. The average molecular weight is 191 g/mol. The summed E-state index contributed by atoms with van der Waals surface area (Å²) in [5.74, 6) is 4.79. The minimum atomic E-state index is -0.645. The Labute approximate surface area is 80.5 Å². The maximum absolute atomic E-state index is 11.4. The van der Waals surface area contributed by atoms with Gasteiger partial charge in [0.25, 0.3) is 5.91 Å². The summed E-state index contributed by atoms with van der Waals surface area (Å²) in [4.78, 5) is 22.5. The van der Waals surface area contributed by atoms with E-state index in [-0.39, 0.29) is 0 Å². The number of benzene rings is 1. The lowest BCUT2D eigenvalue weighted by atomic mass is 10.1. The van der Waals surface area contributed by atoms with Crippen LogP contribution in [0.3, 0.4) is 0 Å². The number of nitrogens with zero attached hydrogens (tertiary/aromatic N) is 1. The SMILES string of the molecule is NN1C(=O)N[C@@H](c2ccccc2)C1=O. The normalized spacial score (nSPS) is 21.2. The van der Waals surface area contributed by atoms with Crippen molar-refractivity contribution in [3.63, 3.8) is 0 Å². The van der Waals surface area contributed by atoms with Crippen molar-refractivity contribution in [3.8, 4) is 0 Å². The van der Waals surface area contributed by atoms with Crippen molar-refractivity contribution >= 4 is 11.9 Å². The van der Waals surface area contributed by atoms with Crippen LogP contribution in [0.5, 0.6) is 0 Å². The predicted octanol–water partition coefficient (Wildman–Crippen LogP) is 0.153. The van der Waals surface area contributed by atoms with Gasteiger partial charge in [-0.1, -0.05) is 30.3 Å². The monoisotopic (exact) mass is 191 g/mol. The summed E-state index contributed by atoms with van der Waals surface area (Å²) in [6.07, 6.45) is 0. The van der Waals surface area contributed by atoms with Crippen LogP contribution >= 0.6 is 0 Å². The van der Waals surface area contributed by atoms with Gasteiger partial charge in [0.15, 0.2) is 0 Å². The Morgan fingerprint density at radius 1 is 1.21 bits per heavy atom. The fourth-order valence-corrected chi connectivity index (χ4v) is 1.37. The van der Waals surface area contributed by atoms with Gasteiger partial charge in [-0.25, -0.2) is 10.6 Å². The van der Waals surface area contributed by atoms with Gasteiger partial charge >= 0.3 is 6.03 Å². The fraction of sp³-hybridized carbons (Fsp3) is 0.111. The molecule has 2 rings (SSSR count). The quantitative estimate of drug-likeness (QED) is 0.377. The molecule has 0 spiro atoms. The van der Waals surface area contributed by atoms with Gasteiger partial charge in [0.05, 0.1) is 0 Å². The van der Waals surface area contributed by atoms with Crippen LogP contribution in [-0.2, 0) is 4.79 Å². The molecule has 1 saturated heterocycles. The van der Waals surface area contributed by atoms with Crippen molar-refractivity contribution in [2.75, 3.05) is 0 Å². The molecule has 1 aromatic carbocycles. The highest BCUT2D eigenvalue weighted by Gasteiger charge is 2.36. The molecule has 0 aliphatic carbocycles. The van der Waals surface area contributed by atoms with E-state index in [0.29, 0.717) is 5.01 Å². The van der Waals surface area contributed by atoms with E-state index in [1.807, 2.05) is 6.07 Å². The Hall–Kier alpha value is -1.88. The third-order valence-electron chi connectivity index (χ3n) is 2.10. The third kappa shape index (κ3) is 1.23. The zero-order valence-corrected chi connectivity index (χ0v) is 7.31. The highest BCUT2D eigenvalue weighted by atomic mass is 16.2. The molecule has 1 aliphatic heterocycles. The Morgan fingerprint density at radius 3 is 2.36 bits per heavy atom. The van der Waals surface area contributed by atoms with Gasteiger partial charge in [-0.2, -0.15) is 5.01 Å². The molecule has 3 amide bonds. The molecule has 0 saturated carbocycles. The molecule has 5 nitrogen and oxygen atoms in total. The van der Waals surface area contributed by atoms with Gasteiger partial charge < -0.3 is 5.32 Å². The standard InChI is InChI=1S/C9H9N3O2/c10-12-8(13)7(11-9(12)14)6-4-2-1-3-5-6/h1-5,7H,10H2,(H,11,14)/t7-/m0/s1. The van der Waals surface area contributed by atoms with Gasteiger partial charge in [0, 0.05) is 0 Å². The molecule has 1 aromatic rings. The molecule has 1 atom stereocenters. The molecular formula is C9H9N3O2. The van der Waals surface area contributed by atoms with Crippen LogP contribution in [-0.4, -0.2) is 16.9 Å². The number of hydrogen-bond acceptors (Lipinski definition) is 3. The minimum Gasteiger partial charge on any atom is -0.321 e. The number of rotatable bonds is 1. The average Bonchev–Trinajstić information content (AvgIpc) is 2.47. The molecule has 0 unspecified atom stereocenters. The molecule has 1 aliphatic rings. The maximum atomic E-state index is 11.4. The number of hydrazine groups is 1. The molecule has 14 heavy (non-hydrogen) atoms. The first-order chi connectivity index (χ1) is 6.70. The van der Waals surface area contributed by atoms with Crippen LogP contribution in [0.25, 0.3) is 0 Å². The van der Waals surface area contributed by atoms with E-state index in [9.17, 15) is 9.59 Å². The molecular weight excluding hydrogens is 182 g/mol. The van der Waals surface area contributed by atoms with Crippen molar-refractivity contribution in [3.05, 3.63) is 35.9 Å². The Morgan fingerprint density at radius 2 is 1.86 bits per heavy atom. The lowest BCUT2D eigenvalue weighted by molar-refractivity contribution is -0.127. The van der Waals surface area contributed by atoms with Crippen LogP contribution in [0.4, 0.5) is 4.79 Å². The van der Waals surface area contributed by atoms with Gasteiger partial charge in [0.1, 0.15) is 6.04 Å². The first-order valence-corrected chi connectivity index (χ1v) is 4.14. The largest absolute Gasteiger partial charge is 0.339 e. The Bertz CT molecular complexity index is 377. The van der Waals surface area contributed by atoms with Crippen LogP contribution < -0.4 is 11.2 Å². The highest BCUT2D eigenvalue weighted by molar-refractivity contribution is 6.03. The Balaban J connectivity index is 2.30.